The molecule has 0 aromatic heterocycles. The summed E-state index contributed by atoms with van der Waals surface area (Å²) >= 11 is 0. The van der Waals surface area contributed by atoms with Crippen LogP contribution in [-0.2, 0) is 4.79 Å². The van der Waals surface area contributed by atoms with Crippen LogP contribution in [-0.4, -0.2) is 11.5 Å². The topological polar surface area (TPSA) is 40.9 Å². The van der Waals surface area contributed by atoms with Gasteiger partial charge < -0.3 is 5.41 Å². The zero-order valence-corrected chi connectivity index (χ0v) is 8.34. The fraction of sp³-hybridized carbons (Fsp3) is 0.750. The molecule has 0 aliphatic heterocycles. The van der Waals surface area contributed by atoms with E-state index >= 15 is 0 Å². The van der Waals surface area contributed by atoms with E-state index in [1.54, 1.807) is 6.92 Å². The number of rotatable bonds is 2. The van der Waals surface area contributed by atoms with Crippen LogP contribution in [0, 0.1) is 10.8 Å². The highest BCUT2D eigenvalue weighted by Crippen LogP contribution is 2.16. The minimum atomic E-state index is -0.289. The van der Waals surface area contributed by atoms with Crippen LogP contribution in [0.2, 0.25) is 0 Å². The van der Waals surface area contributed by atoms with E-state index < -0.39 is 0 Å². The Balaban J connectivity index is 0. The lowest BCUT2D eigenvalue weighted by atomic mass is 9.88. The molecule has 2 nitrogen and oxygen atoms in total. The molecule has 0 saturated heterocycles. The molecule has 0 unspecified atom stereocenters. The van der Waals surface area contributed by atoms with Crippen molar-refractivity contribution >= 4 is 23.9 Å². The first-order valence-electron chi connectivity index (χ1n) is 3.41. The molecular formula is C8H16ClNO. The van der Waals surface area contributed by atoms with Crippen LogP contribution in [0.3, 0.4) is 0 Å². The summed E-state index contributed by atoms with van der Waals surface area (Å²) in [4.78, 5) is 11.1. The number of hydrogen-bond acceptors (Lipinski definition) is 2. The van der Waals surface area contributed by atoms with Crippen molar-refractivity contribution in [3.8, 4) is 0 Å². The van der Waals surface area contributed by atoms with Crippen LogP contribution in [0.4, 0.5) is 0 Å². The molecule has 11 heavy (non-hydrogen) atoms. The van der Waals surface area contributed by atoms with Gasteiger partial charge in [-0.3, -0.25) is 4.79 Å². The summed E-state index contributed by atoms with van der Waals surface area (Å²) in [5.41, 5.74) is 0.155. The molecule has 0 heterocycles. The van der Waals surface area contributed by atoms with E-state index in [4.69, 9.17) is 5.41 Å². The van der Waals surface area contributed by atoms with Crippen LogP contribution < -0.4 is 0 Å². The Kier molecular flexibility index (Phi) is 5.41. The van der Waals surface area contributed by atoms with Gasteiger partial charge in [0.05, 0.1) is 0 Å². The quantitative estimate of drug-likeness (QED) is 0.647. The molecule has 0 radical (unpaired) electrons. The zero-order chi connectivity index (χ0) is 8.36. The standard InChI is InChI=1S/C8H15NO.ClH/c1-6(9)5-7(10)8(2,3)4;/h9H,5H2,1-4H3;1H. The van der Waals surface area contributed by atoms with Crippen molar-refractivity contribution in [2.45, 2.75) is 34.1 Å². The average molecular weight is 178 g/mol. The van der Waals surface area contributed by atoms with Crippen molar-refractivity contribution in [3.05, 3.63) is 0 Å². The molecule has 1 N–H and O–H groups in total. The molecule has 0 aromatic rings. The summed E-state index contributed by atoms with van der Waals surface area (Å²) in [5.74, 6) is 0.139. The molecule has 0 fully saturated rings. The molecule has 3 heteroatoms. The predicted octanol–water partition coefficient (Wildman–Crippen LogP) is 2.45. The van der Waals surface area contributed by atoms with Gasteiger partial charge >= 0.3 is 0 Å². The summed E-state index contributed by atoms with van der Waals surface area (Å²) in [6.45, 7) is 7.28. The smallest absolute Gasteiger partial charge is 0.143 e. The lowest BCUT2D eigenvalue weighted by Crippen LogP contribution is -2.21. The number of hydrogen-bond donors (Lipinski definition) is 1. The Morgan fingerprint density at radius 1 is 1.36 bits per heavy atom. The number of halogens is 1. The van der Waals surface area contributed by atoms with Gasteiger partial charge in [0.25, 0.3) is 0 Å². The van der Waals surface area contributed by atoms with Gasteiger partial charge in [0, 0.05) is 17.5 Å². The number of carbonyl (C=O) groups is 1. The first-order valence-corrected chi connectivity index (χ1v) is 3.41. The molecule has 0 aliphatic rings. The first kappa shape index (κ1) is 13.2. The van der Waals surface area contributed by atoms with Crippen molar-refractivity contribution in [1.82, 2.24) is 0 Å². The monoisotopic (exact) mass is 177 g/mol. The molecule has 0 aliphatic carbocycles. The third-order valence-electron chi connectivity index (χ3n) is 1.26. The van der Waals surface area contributed by atoms with Gasteiger partial charge in [0.1, 0.15) is 5.78 Å². The van der Waals surface area contributed by atoms with Gasteiger partial charge in [-0.2, -0.15) is 0 Å². The minimum Gasteiger partial charge on any atom is -0.310 e. The molecule has 66 valence electrons. The Hall–Kier alpha value is -0.370. The van der Waals surface area contributed by atoms with E-state index in [0.29, 0.717) is 12.1 Å². The second kappa shape index (κ2) is 4.50. The van der Waals surface area contributed by atoms with Gasteiger partial charge in [-0.05, 0) is 6.92 Å². The number of ketones is 1. The summed E-state index contributed by atoms with van der Waals surface area (Å²) in [7, 11) is 0. The van der Waals surface area contributed by atoms with E-state index in [1.807, 2.05) is 20.8 Å². The Bertz CT molecular complexity index is 158. The van der Waals surface area contributed by atoms with Crippen LogP contribution in [0.25, 0.3) is 0 Å². The van der Waals surface area contributed by atoms with E-state index in [9.17, 15) is 4.79 Å². The predicted molar refractivity (Wildman–Crippen MR) is 49.7 cm³/mol. The van der Waals surface area contributed by atoms with Crippen LogP contribution >= 0.6 is 12.4 Å². The van der Waals surface area contributed by atoms with Gasteiger partial charge in [-0.25, -0.2) is 0 Å². The van der Waals surface area contributed by atoms with E-state index in [2.05, 4.69) is 0 Å². The molecule has 0 amide bonds. The molecule has 0 aromatic carbocycles. The lowest BCUT2D eigenvalue weighted by Gasteiger charge is -2.15. The highest BCUT2D eigenvalue weighted by Gasteiger charge is 2.20. The maximum atomic E-state index is 11.1. The average Bonchev–Trinajstić information content (AvgIpc) is 1.60. The van der Waals surface area contributed by atoms with Crippen molar-refractivity contribution in [2.75, 3.05) is 0 Å². The van der Waals surface area contributed by atoms with Gasteiger partial charge in [-0.1, -0.05) is 20.8 Å². The summed E-state index contributed by atoms with van der Waals surface area (Å²) in [5, 5.41) is 7.08. The normalized spacial score (nSPS) is 10.2. The number of Topliss-reactive ketones (excluding diaryl/α,β-unsaturated/α-hetero) is 1. The van der Waals surface area contributed by atoms with Crippen molar-refractivity contribution < 1.29 is 4.79 Å². The number of carbonyl (C=O) groups excluding carboxylic acids is 1. The van der Waals surface area contributed by atoms with Gasteiger partial charge in [0.2, 0.25) is 0 Å². The van der Waals surface area contributed by atoms with Crippen molar-refractivity contribution in [2.24, 2.45) is 5.41 Å². The zero-order valence-electron chi connectivity index (χ0n) is 7.52. The third-order valence-corrected chi connectivity index (χ3v) is 1.26. The molecule has 0 atom stereocenters. The Morgan fingerprint density at radius 2 is 1.73 bits per heavy atom. The second-order valence-corrected chi connectivity index (χ2v) is 3.63. The van der Waals surface area contributed by atoms with Crippen LogP contribution in [0.5, 0.6) is 0 Å². The first-order chi connectivity index (χ1) is 4.34. The molecule has 0 rings (SSSR count). The van der Waals surface area contributed by atoms with Crippen molar-refractivity contribution in [1.29, 1.82) is 5.41 Å². The van der Waals surface area contributed by atoms with Crippen LogP contribution in [0.1, 0.15) is 34.1 Å². The van der Waals surface area contributed by atoms with Crippen LogP contribution in [0.15, 0.2) is 0 Å². The lowest BCUT2D eigenvalue weighted by molar-refractivity contribution is -0.125. The maximum Gasteiger partial charge on any atom is 0.143 e. The Morgan fingerprint density at radius 3 is 1.82 bits per heavy atom. The second-order valence-electron chi connectivity index (χ2n) is 3.63. The van der Waals surface area contributed by atoms with Crippen molar-refractivity contribution in [3.63, 3.8) is 0 Å². The third kappa shape index (κ3) is 6.05. The van der Waals surface area contributed by atoms with Gasteiger partial charge in [-0.15, -0.1) is 12.4 Å². The molecular weight excluding hydrogens is 162 g/mol. The molecule has 0 bridgehead atoms. The Labute approximate surface area is 74.3 Å². The molecule has 0 saturated carbocycles. The summed E-state index contributed by atoms with van der Waals surface area (Å²) in [6.07, 6.45) is 0.295. The van der Waals surface area contributed by atoms with E-state index in [-0.39, 0.29) is 23.6 Å². The highest BCUT2D eigenvalue weighted by atomic mass is 35.5. The summed E-state index contributed by atoms with van der Waals surface area (Å²) < 4.78 is 0. The SMILES string of the molecule is CC(=N)CC(=O)C(C)(C)C.Cl. The maximum absolute atomic E-state index is 11.1. The minimum absolute atomic E-state index is 0. The number of nitrogens with one attached hydrogen (secondary N) is 1. The largest absolute Gasteiger partial charge is 0.310 e. The van der Waals surface area contributed by atoms with E-state index in [1.165, 1.54) is 0 Å². The van der Waals surface area contributed by atoms with E-state index in [0.717, 1.165) is 0 Å². The highest BCUT2D eigenvalue weighted by molar-refractivity contribution is 6.01. The fourth-order valence-corrected chi connectivity index (χ4v) is 0.506. The van der Waals surface area contributed by atoms with Gasteiger partial charge in [0.15, 0.2) is 0 Å². The fourth-order valence-electron chi connectivity index (χ4n) is 0.506. The summed E-state index contributed by atoms with van der Waals surface area (Å²) in [6, 6.07) is 0. The molecule has 0 spiro atoms.